The minimum atomic E-state index is -1.06. The molecule has 0 aliphatic carbocycles. The van der Waals surface area contributed by atoms with Crippen LogP contribution in [-0.4, -0.2) is 28.6 Å². The van der Waals surface area contributed by atoms with Crippen LogP contribution in [0, 0.1) is 11.3 Å². The molecule has 31 heavy (non-hydrogen) atoms. The van der Waals surface area contributed by atoms with Gasteiger partial charge in [0.15, 0.2) is 6.61 Å². The lowest BCUT2D eigenvalue weighted by Gasteiger charge is -2.12. The molecule has 0 spiro atoms. The fraction of sp³-hybridized carbons (Fsp3) is 0.0909. The third-order valence-corrected chi connectivity index (χ3v) is 4.65. The van der Waals surface area contributed by atoms with Gasteiger partial charge < -0.3 is 19.9 Å². The summed E-state index contributed by atoms with van der Waals surface area (Å²) in [4.78, 5) is 27.5. The predicted octanol–water partition coefficient (Wildman–Crippen LogP) is 2.64. The number of pyridine rings is 1. The summed E-state index contributed by atoms with van der Waals surface area (Å²) < 4.78 is 10.9. The number of nitriles is 1. The highest BCUT2D eigenvalue weighted by Crippen LogP contribution is 2.23. The van der Waals surface area contributed by atoms with Crippen LogP contribution in [-0.2, 0) is 11.3 Å². The van der Waals surface area contributed by atoms with Crippen LogP contribution in [0.5, 0.6) is 17.4 Å². The Bertz CT molecular complexity index is 1160. The average Bonchev–Trinajstić information content (AvgIpc) is 2.77. The van der Waals surface area contributed by atoms with Gasteiger partial charge in [0.2, 0.25) is 5.88 Å². The lowest BCUT2D eigenvalue weighted by molar-refractivity contribution is -0.139. The van der Waals surface area contributed by atoms with Gasteiger partial charge in [-0.1, -0.05) is 12.1 Å². The van der Waals surface area contributed by atoms with Crippen molar-refractivity contribution < 1.29 is 24.2 Å². The molecule has 0 radical (unpaired) electrons. The van der Waals surface area contributed by atoms with Crippen molar-refractivity contribution in [3.8, 4) is 23.4 Å². The van der Waals surface area contributed by atoms with Gasteiger partial charge in [0, 0.05) is 12.7 Å². The van der Waals surface area contributed by atoms with Crippen molar-refractivity contribution in [2.45, 2.75) is 6.54 Å². The molecule has 1 amide bonds. The lowest BCUT2D eigenvalue weighted by atomic mass is 10.2. The third kappa shape index (κ3) is 6.01. The number of ether oxygens (including phenoxy) is 2. The molecular formula is C22H18N3O5P. The predicted molar refractivity (Wildman–Crippen MR) is 116 cm³/mol. The first-order chi connectivity index (χ1) is 15.0. The van der Waals surface area contributed by atoms with Gasteiger partial charge in [0.1, 0.15) is 17.1 Å². The molecule has 2 N–H and O–H groups in total. The third-order valence-electron chi connectivity index (χ3n) is 4.11. The van der Waals surface area contributed by atoms with Gasteiger partial charge in [-0.2, -0.15) is 5.26 Å². The molecule has 3 rings (SSSR count). The van der Waals surface area contributed by atoms with E-state index >= 15 is 0 Å². The highest BCUT2D eigenvalue weighted by Gasteiger charge is 2.15. The zero-order valence-electron chi connectivity index (χ0n) is 16.2. The van der Waals surface area contributed by atoms with E-state index in [9.17, 15) is 9.59 Å². The fourth-order valence-corrected chi connectivity index (χ4v) is 2.99. The molecule has 0 saturated heterocycles. The normalized spacial score (nSPS) is 10.1. The number of carbonyl (C=O) groups is 2. The van der Waals surface area contributed by atoms with Crippen LogP contribution in [0.4, 0.5) is 0 Å². The molecule has 0 saturated carbocycles. The summed E-state index contributed by atoms with van der Waals surface area (Å²) >= 11 is 0. The summed E-state index contributed by atoms with van der Waals surface area (Å²) in [5.41, 5.74) is 1.49. The maximum absolute atomic E-state index is 12.7. The van der Waals surface area contributed by atoms with E-state index in [1.165, 1.54) is 6.20 Å². The molecule has 0 bridgehead atoms. The summed E-state index contributed by atoms with van der Waals surface area (Å²) in [6.07, 6.45) is 1.51. The number of hydrogen-bond acceptors (Lipinski definition) is 6. The fourth-order valence-electron chi connectivity index (χ4n) is 2.63. The number of benzene rings is 2. The van der Waals surface area contributed by atoms with Crippen molar-refractivity contribution in [3.05, 3.63) is 77.5 Å². The van der Waals surface area contributed by atoms with Crippen molar-refractivity contribution >= 4 is 26.4 Å². The van der Waals surface area contributed by atoms with E-state index in [1.54, 1.807) is 54.6 Å². The van der Waals surface area contributed by atoms with Gasteiger partial charge in [-0.3, -0.25) is 4.79 Å². The first kappa shape index (κ1) is 21.8. The summed E-state index contributed by atoms with van der Waals surface area (Å²) in [5, 5.41) is 21.3. The van der Waals surface area contributed by atoms with Crippen LogP contribution in [0.25, 0.3) is 0 Å². The molecule has 0 aliphatic heterocycles. The average molecular weight is 435 g/mol. The summed E-state index contributed by atoms with van der Waals surface area (Å²) in [6, 6.07) is 16.9. The summed E-state index contributed by atoms with van der Waals surface area (Å²) in [5.74, 6) is -0.495. The second-order valence-electron chi connectivity index (χ2n) is 6.32. The number of carbonyl (C=O) groups excluding carboxylic acids is 1. The SMILES string of the molecule is N#Cc1cccc(Oc2ncccc2C(=O)NCc2ccc(OCC(=O)O)cc2P)c1. The van der Waals surface area contributed by atoms with Gasteiger partial charge in [-0.05, 0) is 53.3 Å². The van der Waals surface area contributed by atoms with E-state index in [2.05, 4.69) is 19.5 Å². The first-order valence-corrected chi connectivity index (χ1v) is 9.68. The second kappa shape index (κ2) is 10.2. The second-order valence-corrected chi connectivity index (χ2v) is 6.95. The number of aliphatic carboxylic acids is 1. The number of amides is 1. The van der Waals surface area contributed by atoms with Crippen molar-refractivity contribution in [2.24, 2.45) is 0 Å². The quantitative estimate of drug-likeness (QED) is 0.522. The lowest BCUT2D eigenvalue weighted by Crippen LogP contribution is -2.25. The van der Waals surface area contributed by atoms with E-state index in [0.29, 0.717) is 17.1 Å². The van der Waals surface area contributed by atoms with Crippen molar-refractivity contribution in [3.63, 3.8) is 0 Å². The number of rotatable bonds is 8. The Morgan fingerprint density at radius 3 is 2.71 bits per heavy atom. The highest BCUT2D eigenvalue weighted by molar-refractivity contribution is 7.27. The van der Waals surface area contributed by atoms with E-state index in [0.717, 1.165) is 10.9 Å². The Hall–Kier alpha value is -3.95. The molecule has 8 nitrogen and oxygen atoms in total. The highest BCUT2D eigenvalue weighted by atomic mass is 31.0. The maximum Gasteiger partial charge on any atom is 0.341 e. The molecule has 1 unspecified atom stereocenters. The Kier molecular flexibility index (Phi) is 7.15. The molecule has 2 aromatic carbocycles. The van der Waals surface area contributed by atoms with Gasteiger partial charge in [0.05, 0.1) is 11.6 Å². The molecule has 0 aliphatic rings. The van der Waals surface area contributed by atoms with Crippen LogP contribution in [0.2, 0.25) is 0 Å². The summed E-state index contributed by atoms with van der Waals surface area (Å²) in [6.45, 7) is -0.198. The van der Waals surface area contributed by atoms with Crippen molar-refractivity contribution in [2.75, 3.05) is 6.61 Å². The van der Waals surface area contributed by atoms with Crippen LogP contribution in [0.15, 0.2) is 60.8 Å². The Labute approximate surface area is 180 Å². The molecule has 156 valence electrons. The van der Waals surface area contributed by atoms with Crippen LogP contribution in [0.1, 0.15) is 21.5 Å². The minimum absolute atomic E-state index is 0.124. The number of carboxylic acid groups (broad SMARTS) is 1. The molecule has 1 atom stereocenters. The Balaban J connectivity index is 1.69. The smallest absolute Gasteiger partial charge is 0.341 e. The molecule has 1 aromatic heterocycles. The molecule has 1 heterocycles. The van der Waals surface area contributed by atoms with Crippen LogP contribution in [0.3, 0.4) is 0 Å². The Morgan fingerprint density at radius 1 is 1.13 bits per heavy atom. The number of nitrogens with zero attached hydrogens (tertiary/aromatic N) is 2. The van der Waals surface area contributed by atoms with E-state index < -0.39 is 12.6 Å². The van der Waals surface area contributed by atoms with Gasteiger partial charge >= 0.3 is 5.97 Å². The van der Waals surface area contributed by atoms with Gasteiger partial charge in [0.25, 0.3) is 5.91 Å². The van der Waals surface area contributed by atoms with Crippen molar-refractivity contribution in [1.29, 1.82) is 5.26 Å². The largest absolute Gasteiger partial charge is 0.482 e. The molecular weight excluding hydrogens is 417 g/mol. The van der Waals surface area contributed by atoms with Gasteiger partial charge in [-0.15, -0.1) is 9.24 Å². The maximum atomic E-state index is 12.7. The summed E-state index contributed by atoms with van der Waals surface area (Å²) in [7, 11) is 2.53. The minimum Gasteiger partial charge on any atom is -0.482 e. The number of hydrogen-bond donors (Lipinski definition) is 2. The zero-order chi connectivity index (χ0) is 22.2. The first-order valence-electron chi connectivity index (χ1n) is 9.10. The molecule has 3 aromatic rings. The monoisotopic (exact) mass is 435 g/mol. The van der Waals surface area contributed by atoms with Crippen LogP contribution < -0.4 is 20.1 Å². The topological polar surface area (TPSA) is 122 Å². The number of nitrogens with one attached hydrogen (secondary N) is 1. The van der Waals surface area contributed by atoms with E-state index in [-0.39, 0.29) is 23.9 Å². The van der Waals surface area contributed by atoms with Gasteiger partial charge in [-0.25, -0.2) is 9.78 Å². The molecule has 9 heteroatoms. The standard InChI is InChI=1S/C22H18N3O5P/c23-11-14-3-1-4-17(9-14)30-22-18(5-2-8-24-22)21(28)25-12-15-6-7-16(10-19(15)31)29-13-20(26)27/h1-10H,12-13,31H2,(H,25,28)(H,26,27). The number of carboxylic acids is 1. The van der Waals surface area contributed by atoms with E-state index in [4.69, 9.17) is 19.8 Å². The van der Waals surface area contributed by atoms with Crippen molar-refractivity contribution in [1.82, 2.24) is 10.3 Å². The molecule has 0 fully saturated rings. The van der Waals surface area contributed by atoms with E-state index in [1.807, 2.05) is 6.07 Å². The van der Waals surface area contributed by atoms with Crippen LogP contribution >= 0.6 is 9.24 Å². The number of aromatic nitrogens is 1. The zero-order valence-corrected chi connectivity index (χ0v) is 17.4. The Morgan fingerprint density at radius 2 is 1.97 bits per heavy atom.